The molecule has 0 radical (unpaired) electrons. The van der Waals surface area contributed by atoms with E-state index < -0.39 is 4.92 Å². The minimum atomic E-state index is -0.449. The third-order valence-electron chi connectivity index (χ3n) is 2.69. The highest BCUT2D eigenvalue weighted by atomic mass is 16.6. The molecule has 0 heterocycles. The van der Waals surface area contributed by atoms with Crippen molar-refractivity contribution in [2.24, 2.45) is 0 Å². The quantitative estimate of drug-likeness (QED) is 0.476. The molecule has 100 valence electrons. The molecule has 0 aliphatic rings. The minimum Gasteiger partial charge on any atom is -0.397 e. The molecule has 6 heteroatoms. The second-order valence-electron chi connectivity index (χ2n) is 4.28. The second-order valence-corrected chi connectivity index (χ2v) is 4.28. The zero-order valence-electron chi connectivity index (χ0n) is 10.9. The molecule has 6 nitrogen and oxygen atoms in total. The van der Waals surface area contributed by atoms with Gasteiger partial charge in [0, 0.05) is 31.8 Å². The SMILES string of the molecule is COCCN(c1ccc([N+](=O)[O-])cc1N)C(C)C. The van der Waals surface area contributed by atoms with Crippen molar-refractivity contribution in [2.75, 3.05) is 30.9 Å². The molecule has 1 aromatic carbocycles. The summed E-state index contributed by atoms with van der Waals surface area (Å²) in [6.45, 7) is 5.35. The molecule has 0 saturated carbocycles. The first-order valence-corrected chi connectivity index (χ1v) is 5.77. The Morgan fingerprint density at radius 1 is 1.50 bits per heavy atom. The van der Waals surface area contributed by atoms with Crippen LogP contribution in [0.3, 0.4) is 0 Å². The molecule has 0 atom stereocenters. The molecular formula is C12H19N3O3. The monoisotopic (exact) mass is 253 g/mol. The number of ether oxygens (including phenoxy) is 1. The lowest BCUT2D eigenvalue weighted by Gasteiger charge is -2.29. The van der Waals surface area contributed by atoms with E-state index >= 15 is 0 Å². The molecular weight excluding hydrogens is 234 g/mol. The molecule has 1 rings (SSSR count). The predicted molar refractivity (Wildman–Crippen MR) is 71.9 cm³/mol. The highest BCUT2D eigenvalue weighted by Crippen LogP contribution is 2.28. The lowest BCUT2D eigenvalue weighted by Crippen LogP contribution is -2.34. The van der Waals surface area contributed by atoms with Gasteiger partial charge in [0.2, 0.25) is 0 Å². The van der Waals surface area contributed by atoms with Gasteiger partial charge < -0.3 is 15.4 Å². The summed E-state index contributed by atoms with van der Waals surface area (Å²) in [6.07, 6.45) is 0. The smallest absolute Gasteiger partial charge is 0.271 e. The normalized spacial score (nSPS) is 10.7. The lowest BCUT2D eigenvalue weighted by molar-refractivity contribution is -0.384. The second kappa shape index (κ2) is 6.20. The Kier molecular flexibility index (Phi) is 4.91. The number of methoxy groups -OCH3 is 1. The van der Waals surface area contributed by atoms with Crippen LogP contribution < -0.4 is 10.6 Å². The van der Waals surface area contributed by atoms with Crippen molar-refractivity contribution < 1.29 is 9.66 Å². The fourth-order valence-corrected chi connectivity index (χ4v) is 1.76. The maximum Gasteiger partial charge on any atom is 0.271 e. The highest BCUT2D eigenvalue weighted by molar-refractivity contribution is 5.71. The first-order valence-electron chi connectivity index (χ1n) is 5.77. The lowest BCUT2D eigenvalue weighted by atomic mass is 10.2. The number of hydrogen-bond acceptors (Lipinski definition) is 5. The summed E-state index contributed by atoms with van der Waals surface area (Å²) in [4.78, 5) is 12.3. The Bertz CT molecular complexity index is 421. The van der Waals surface area contributed by atoms with Gasteiger partial charge in [0.1, 0.15) is 0 Å². The molecule has 0 fully saturated rings. The number of hydrogen-bond donors (Lipinski definition) is 1. The Hall–Kier alpha value is -1.82. The fourth-order valence-electron chi connectivity index (χ4n) is 1.76. The van der Waals surface area contributed by atoms with Crippen LogP contribution in [-0.2, 0) is 4.74 Å². The molecule has 1 aromatic rings. The van der Waals surface area contributed by atoms with Gasteiger partial charge in [0.05, 0.1) is 22.9 Å². The molecule has 0 aromatic heterocycles. The maximum absolute atomic E-state index is 10.7. The number of nitro groups is 1. The Morgan fingerprint density at radius 2 is 2.17 bits per heavy atom. The predicted octanol–water partition coefficient (Wildman–Crippen LogP) is 2.04. The van der Waals surface area contributed by atoms with Crippen LogP contribution in [0, 0.1) is 10.1 Å². The van der Waals surface area contributed by atoms with Crippen molar-refractivity contribution in [1.82, 2.24) is 0 Å². The zero-order chi connectivity index (χ0) is 13.7. The van der Waals surface area contributed by atoms with Gasteiger partial charge in [-0.15, -0.1) is 0 Å². The molecule has 0 unspecified atom stereocenters. The molecule has 0 aliphatic heterocycles. The van der Waals surface area contributed by atoms with E-state index in [1.165, 1.54) is 12.1 Å². The van der Waals surface area contributed by atoms with E-state index in [-0.39, 0.29) is 11.7 Å². The molecule has 0 spiro atoms. The van der Waals surface area contributed by atoms with Crippen molar-refractivity contribution in [2.45, 2.75) is 19.9 Å². The standard InChI is InChI=1S/C12H19N3O3/c1-9(2)14(6-7-18-3)12-5-4-10(15(16)17)8-11(12)13/h4-5,8-9H,6-7,13H2,1-3H3. The third-order valence-corrected chi connectivity index (χ3v) is 2.69. The van der Waals surface area contributed by atoms with Gasteiger partial charge in [-0.25, -0.2) is 0 Å². The van der Waals surface area contributed by atoms with E-state index in [0.29, 0.717) is 18.8 Å². The van der Waals surface area contributed by atoms with Crippen LogP contribution >= 0.6 is 0 Å². The summed E-state index contributed by atoms with van der Waals surface area (Å²) >= 11 is 0. The number of nitrogen functional groups attached to an aromatic ring is 1. The molecule has 0 amide bonds. The van der Waals surface area contributed by atoms with E-state index in [1.54, 1.807) is 13.2 Å². The molecule has 0 saturated heterocycles. The van der Waals surface area contributed by atoms with Crippen molar-refractivity contribution in [1.29, 1.82) is 0 Å². The summed E-state index contributed by atoms with van der Waals surface area (Å²) in [6, 6.07) is 4.78. The van der Waals surface area contributed by atoms with Gasteiger partial charge >= 0.3 is 0 Å². The van der Waals surface area contributed by atoms with Gasteiger partial charge in [0.15, 0.2) is 0 Å². The summed E-state index contributed by atoms with van der Waals surface area (Å²) < 4.78 is 5.06. The van der Waals surface area contributed by atoms with Crippen LogP contribution in [0.1, 0.15) is 13.8 Å². The number of nitrogens with two attached hydrogens (primary N) is 1. The van der Waals surface area contributed by atoms with Crippen molar-refractivity contribution in [3.05, 3.63) is 28.3 Å². The van der Waals surface area contributed by atoms with Crippen LogP contribution in [0.5, 0.6) is 0 Å². The Labute approximate surface area is 106 Å². The average Bonchev–Trinajstić information content (AvgIpc) is 2.30. The number of nitrogens with zero attached hydrogens (tertiary/aromatic N) is 2. The van der Waals surface area contributed by atoms with E-state index in [4.69, 9.17) is 10.5 Å². The van der Waals surface area contributed by atoms with E-state index in [9.17, 15) is 10.1 Å². The molecule has 0 aliphatic carbocycles. The van der Waals surface area contributed by atoms with Gasteiger partial charge in [-0.1, -0.05) is 0 Å². The highest BCUT2D eigenvalue weighted by Gasteiger charge is 2.16. The number of rotatable bonds is 6. The minimum absolute atomic E-state index is 0.00620. The summed E-state index contributed by atoms with van der Waals surface area (Å²) in [5.41, 5.74) is 7.10. The first-order chi connectivity index (χ1) is 8.47. The summed E-state index contributed by atoms with van der Waals surface area (Å²) in [7, 11) is 1.64. The van der Waals surface area contributed by atoms with Crippen LogP contribution in [0.25, 0.3) is 0 Å². The van der Waals surface area contributed by atoms with Gasteiger partial charge in [-0.2, -0.15) is 0 Å². The van der Waals surface area contributed by atoms with Gasteiger partial charge in [-0.3, -0.25) is 10.1 Å². The van der Waals surface area contributed by atoms with Gasteiger partial charge in [-0.05, 0) is 19.9 Å². The first kappa shape index (κ1) is 14.2. The largest absolute Gasteiger partial charge is 0.397 e. The number of benzene rings is 1. The topological polar surface area (TPSA) is 81.6 Å². The van der Waals surface area contributed by atoms with Crippen LogP contribution in [0.4, 0.5) is 17.1 Å². The van der Waals surface area contributed by atoms with Crippen molar-refractivity contribution >= 4 is 17.1 Å². The van der Waals surface area contributed by atoms with E-state index in [1.807, 2.05) is 13.8 Å². The van der Waals surface area contributed by atoms with Crippen LogP contribution in [0.15, 0.2) is 18.2 Å². The Morgan fingerprint density at radius 3 is 2.61 bits per heavy atom. The zero-order valence-corrected chi connectivity index (χ0v) is 10.9. The fraction of sp³-hybridized carbons (Fsp3) is 0.500. The van der Waals surface area contributed by atoms with E-state index in [2.05, 4.69) is 4.90 Å². The van der Waals surface area contributed by atoms with E-state index in [0.717, 1.165) is 5.69 Å². The van der Waals surface area contributed by atoms with Crippen molar-refractivity contribution in [3.63, 3.8) is 0 Å². The molecule has 18 heavy (non-hydrogen) atoms. The Balaban J connectivity index is 3.01. The summed E-state index contributed by atoms with van der Waals surface area (Å²) in [5.74, 6) is 0. The summed E-state index contributed by atoms with van der Waals surface area (Å²) in [5, 5.41) is 10.7. The molecule has 2 N–H and O–H groups in total. The average molecular weight is 253 g/mol. The van der Waals surface area contributed by atoms with Crippen LogP contribution in [-0.4, -0.2) is 31.2 Å². The number of anilines is 2. The van der Waals surface area contributed by atoms with Crippen molar-refractivity contribution in [3.8, 4) is 0 Å². The third kappa shape index (κ3) is 3.33. The number of non-ortho nitro benzene ring substituents is 1. The number of nitro benzene ring substituents is 1. The maximum atomic E-state index is 10.7. The molecule has 0 bridgehead atoms. The van der Waals surface area contributed by atoms with Gasteiger partial charge in [0.25, 0.3) is 5.69 Å². The van der Waals surface area contributed by atoms with Crippen LogP contribution in [0.2, 0.25) is 0 Å².